The van der Waals surface area contributed by atoms with Crippen molar-refractivity contribution < 1.29 is 9.53 Å². The fraction of sp³-hybridized carbons (Fsp3) is 0.368. The minimum atomic E-state index is -0.140. The minimum absolute atomic E-state index is 0.0170. The average Bonchev–Trinajstić information content (AvgIpc) is 3.08. The molecule has 0 bridgehead atoms. The van der Waals surface area contributed by atoms with Crippen molar-refractivity contribution in [2.24, 2.45) is 7.05 Å². The van der Waals surface area contributed by atoms with Crippen molar-refractivity contribution in [2.45, 2.75) is 6.04 Å². The molecule has 2 aromatic rings. The van der Waals surface area contributed by atoms with Crippen LogP contribution in [0.3, 0.4) is 0 Å². The molecule has 0 radical (unpaired) electrons. The number of hydrogen-bond acceptors (Lipinski definition) is 4. The largest absolute Gasteiger partial charge is 0.379 e. The summed E-state index contributed by atoms with van der Waals surface area (Å²) < 4.78 is 7.15. The summed E-state index contributed by atoms with van der Waals surface area (Å²) in [4.78, 5) is 14.5. The van der Waals surface area contributed by atoms with Crippen LogP contribution in [0.25, 0.3) is 6.08 Å². The smallest absolute Gasteiger partial charge is 0.244 e. The molecule has 0 spiro atoms. The molecule has 3 rings (SSSR count). The van der Waals surface area contributed by atoms with E-state index in [1.807, 2.05) is 37.5 Å². The molecule has 0 aliphatic carbocycles. The zero-order valence-corrected chi connectivity index (χ0v) is 15.5. The topological polar surface area (TPSA) is 59.4 Å². The summed E-state index contributed by atoms with van der Waals surface area (Å²) in [5, 5.41) is 7.78. The highest BCUT2D eigenvalue weighted by Gasteiger charge is 2.24. The van der Waals surface area contributed by atoms with Crippen molar-refractivity contribution in [3.05, 3.63) is 58.9 Å². The van der Waals surface area contributed by atoms with Crippen molar-refractivity contribution in [3.8, 4) is 0 Å². The Morgan fingerprint density at radius 1 is 1.38 bits per heavy atom. The van der Waals surface area contributed by atoms with E-state index in [0.29, 0.717) is 24.8 Å². The standard InChI is InChI=1S/C19H23ClN4O2/c1-23-14-15(12-22-23)6-7-19(25)21-13-18(24-8-10-26-11-9-24)16-4-2-3-5-17(16)20/h2-7,12,14,18H,8-11,13H2,1H3,(H,21,25)/b7-6+. The number of carbonyl (C=O) groups excluding carboxylic acids is 1. The third-order valence-corrected chi connectivity index (χ3v) is 4.72. The van der Waals surface area contributed by atoms with Crippen LogP contribution in [0, 0.1) is 0 Å². The van der Waals surface area contributed by atoms with Gasteiger partial charge in [0.1, 0.15) is 0 Å². The molecule has 1 aliphatic rings. The first kappa shape index (κ1) is 18.6. The number of aromatic nitrogens is 2. The van der Waals surface area contributed by atoms with Crippen LogP contribution in [0.1, 0.15) is 17.2 Å². The Morgan fingerprint density at radius 3 is 2.85 bits per heavy atom. The fourth-order valence-corrected chi connectivity index (χ4v) is 3.29. The molecule has 1 unspecified atom stereocenters. The molecule has 26 heavy (non-hydrogen) atoms. The third-order valence-electron chi connectivity index (χ3n) is 4.37. The summed E-state index contributed by atoms with van der Waals surface area (Å²) in [6.45, 7) is 3.50. The van der Waals surface area contributed by atoms with Crippen LogP contribution < -0.4 is 5.32 Å². The minimum Gasteiger partial charge on any atom is -0.379 e. The van der Waals surface area contributed by atoms with E-state index in [9.17, 15) is 4.79 Å². The van der Waals surface area contributed by atoms with Crippen molar-refractivity contribution in [1.82, 2.24) is 20.0 Å². The van der Waals surface area contributed by atoms with E-state index >= 15 is 0 Å². The van der Waals surface area contributed by atoms with Crippen molar-refractivity contribution >= 4 is 23.6 Å². The first-order valence-corrected chi connectivity index (χ1v) is 9.02. The number of hydrogen-bond donors (Lipinski definition) is 1. The quantitative estimate of drug-likeness (QED) is 0.788. The molecular formula is C19H23ClN4O2. The number of carbonyl (C=O) groups is 1. The first-order valence-electron chi connectivity index (χ1n) is 8.64. The highest BCUT2D eigenvalue weighted by atomic mass is 35.5. The zero-order valence-electron chi connectivity index (χ0n) is 14.8. The molecule has 1 saturated heterocycles. The maximum Gasteiger partial charge on any atom is 0.244 e. The van der Waals surface area contributed by atoms with E-state index in [0.717, 1.165) is 24.2 Å². The Hall–Kier alpha value is -2.15. The number of nitrogens with zero attached hydrogens (tertiary/aromatic N) is 3. The van der Waals surface area contributed by atoms with Crippen LogP contribution >= 0.6 is 11.6 Å². The van der Waals surface area contributed by atoms with Gasteiger partial charge in [0.15, 0.2) is 0 Å². The van der Waals surface area contributed by atoms with E-state index in [2.05, 4.69) is 15.3 Å². The lowest BCUT2D eigenvalue weighted by atomic mass is 10.0. The second-order valence-electron chi connectivity index (χ2n) is 6.21. The summed E-state index contributed by atoms with van der Waals surface area (Å²) in [6, 6.07) is 7.80. The number of rotatable bonds is 6. The van der Waals surface area contributed by atoms with Gasteiger partial charge in [0.05, 0.1) is 25.5 Å². The molecule has 138 valence electrons. The number of benzene rings is 1. The predicted molar refractivity (Wildman–Crippen MR) is 102 cm³/mol. The lowest BCUT2D eigenvalue weighted by molar-refractivity contribution is -0.116. The van der Waals surface area contributed by atoms with E-state index in [1.165, 1.54) is 6.08 Å². The number of ether oxygens (including phenoxy) is 1. The van der Waals surface area contributed by atoms with Gasteiger partial charge in [-0.2, -0.15) is 5.10 Å². The van der Waals surface area contributed by atoms with Crippen LogP contribution in [0.4, 0.5) is 0 Å². The predicted octanol–water partition coefficient (Wildman–Crippen LogP) is 2.28. The molecule has 1 atom stereocenters. The average molecular weight is 375 g/mol. The van der Waals surface area contributed by atoms with Crippen molar-refractivity contribution in [2.75, 3.05) is 32.8 Å². The Bertz CT molecular complexity index is 768. The van der Waals surface area contributed by atoms with Gasteiger partial charge in [-0.05, 0) is 17.7 Å². The number of halogens is 1. The summed E-state index contributed by atoms with van der Waals surface area (Å²) in [7, 11) is 1.84. The molecule has 2 heterocycles. The second-order valence-corrected chi connectivity index (χ2v) is 6.62. The molecule has 7 heteroatoms. The molecule has 1 N–H and O–H groups in total. The van der Waals surface area contributed by atoms with Gasteiger partial charge in [-0.15, -0.1) is 0 Å². The van der Waals surface area contributed by atoms with Gasteiger partial charge in [-0.3, -0.25) is 14.4 Å². The first-order chi connectivity index (χ1) is 12.6. The van der Waals surface area contributed by atoms with Crippen LogP contribution in [0.15, 0.2) is 42.7 Å². The van der Waals surface area contributed by atoms with Crippen LogP contribution in [0.2, 0.25) is 5.02 Å². The molecule has 0 saturated carbocycles. The Kier molecular flexibility index (Phi) is 6.44. The van der Waals surface area contributed by atoms with Gasteiger partial charge in [-0.25, -0.2) is 0 Å². The summed E-state index contributed by atoms with van der Waals surface area (Å²) in [5.74, 6) is -0.140. The SMILES string of the molecule is Cn1cc(/C=C/C(=O)NCC(c2ccccc2Cl)N2CCOCC2)cn1. The van der Waals surface area contributed by atoms with Gasteiger partial charge in [-0.1, -0.05) is 29.8 Å². The molecular weight excluding hydrogens is 352 g/mol. The Labute approximate surface area is 158 Å². The Balaban J connectivity index is 1.66. The number of nitrogens with one attached hydrogen (secondary N) is 1. The van der Waals surface area contributed by atoms with E-state index in [-0.39, 0.29) is 11.9 Å². The van der Waals surface area contributed by atoms with Crippen LogP contribution in [-0.4, -0.2) is 53.4 Å². The fourth-order valence-electron chi connectivity index (χ4n) is 3.02. The van der Waals surface area contributed by atoms with Gasteiger partial charge in [0.2, 0.25) is 5.91 Å². The van der Waals surface area contributed by atoms with Gasteiger partial charge in [0, 0.05) is 49.5 Å². The monoisotopic (exact) mass is 374 g/mol. The summed E-state index contributed by atoms with van der Waals surface area (Å²) >= 11 is 6.40. The normalized spacial score (nSPS) is 16.7. The molecule has 1 amide bonds. The van der Waals surface area contributed by atoms with E-state index in [1.54, 1.807) is 17.0 Å². The van der Waals surface area contributed by atoms with Gasteiger partial charge >= 0.3 is 0 Å². The number of morpholine rings is 1. The zero-order chi connectivity index (χ0) is 18.4. The molecule has 1 aromatic carbocycles. The molecule has 1 aliphatic heterocycles. The molecule has 1 aromatic heterocycles. The molecule has 1 fully saturated rings. The molecule has 6 nitrogen and oxygen atoms in total. The summed E-state index contributed by atoms with van der Waals surface area (Å²) in [5.41, 5.74) is 1.91. The highest BCUT2D eigenvalue weighted by molar-refractivity contribution is 6.31. The maximum absolute atomic E-state index is 12.2. The van der Waals surface area contributed by atoms with Crippen molar-refractivity contribution in [3.63, 3.8) is 0 Å². The second kappa shape index (κ2) is 8.98. The third kappa shape index (κ3) is 4.94. The highest BCUT2D eigenvalue weighted by Crippen LogP contribution is 2.27. The van der Waals surface area contributed by atoms with E-state index in [4.69, 9.17) is 16.3 Å². The maximum atomic E-state index is 12.2. The van der Waals surface area contributed by atoms with Crippen LogP contribution in [-0.2, 0) is 16.6 Å². The van der Waals surface area contributed by atoms with Gasteiger partial charge < -0.3 is 10.1 Å². The number of amides is 1. The summed E-state index contributed by atoms with van der Waals surface area (Å²) in [6.07, 6.45) is 6.84. The van der Waals surface area contributed by atoms with Gasteiger partial charge in [0.25, 0.3) is 0 Å². The number of aryl methyl sites for hydroxylation is 1. The van der Waals surface area contributed by atoms with E-state index < -0.39 is 0 Å². The lowest BCUT2D eigenvalue weighted by Gasteiger charge is -2.35. The van der Waals surface area contributed by atoms with Crippen LogP contribution in [0.5, 0.6) is 0 Å². The van der Waals surface area contributed by atoms with Crippen molar-refractivity contribution in [1.29, 1.82) is 0 Å². The Morgan fingerprint density at radius 2 is 2.15 bits per heavy atom. The lowest BCUT2D eigenvalue weighted by Crippen LogP contribution is -2.43.